The maximum absolute atomic E-state index is 11.2. The van der Waals surface area contributed by atoms with E-state index in [9.17, 15) is 9.90 Å². The van der Waals surface area contributed by atoms with E-state index in [1.54, 1.807) is 19.9 Å². The van der Waals surface area contributed by atoms with Crippen LogP contribution in [0.2, 0.25) is 0 Å². The number of hydrogen-bond donors (Lipinski definition) is 1. The largest absolute Gasteiger partial charge is 0.461 e. The molecular formula is C16H31NO3. The van der Waals surface area contributed by atoms with Gasteiger partial charge in [-0.2, -0.15) is 0 Å². The maximum atomic E-state index is 11.2. The van der Waals surface area contributed by atoms with Gasteiger partial charge in [-0.15, -0.1) is 0 Å². The van der Waals surface area contributed by atoms with Crippen molar-refractivity contribution in [3.8, 4) is 0 Å². The van der Waals surface area contributed by atoms with Crippen molar-refractivity contribution >= 4 is 5.97 Å². The number of ether oxygens (including phenoxy) is 1. The smallest absolute Gasteiger partial charge is 0.330 e. The van der Waals surface area contributed by atoms with E-state index in [1.807, 2.05) is 0 Å². The van der Waals surface area contributed by atoms with Crippen molar-refractivity contribution in [3.63, 3.8) is 0 Å². The Labute approximate surface area is 123 Å². The maximum Gasteiger partial charge on any atom is 0.330 e. The summed E-state index contributed by atoms with van der Waals surface area (Å²) in [6, 6.07) is 0. The molecule has 0 radical (unpaired) electrons. The first-order chi connectivity index (χ1) is 9.60. The highest BCUT2D eigenvalue weighted by Crippen LogP contribution is 2.04. The van der Waals surface area contributed by atoms with Gasteiger partial charge in [0.1, 0.15) is 6.61 Å². The van der Waals surface area contributed by atoms with Gasteiger partial charge in [-0.1, -0.05) is 38.7 Å². The summed E-state index contributed by atoms with van der Waals surface area (Å²) >= 11 is 0. The average Bonchev–Trinajstić information content (AvgIpc) is 2.37. The standard InChI is InChI=1S/C16H31NO3/c1-4-6-7-8-9-11-17(14-15(3)18)12-13-20-16(19)10-5-2/h5,10,15,18H,4,6-9,11-14H2,1-3H3/b10-5+. The molecule has 0 bridgehead atoms. The van der Waals surface area contributed by atoms with E-state index in [2.05, 4.69) is 11.8 Å². The van der Waals surface area contributed by atoms with Gasteiger partial charge in [-0.05, 0) is 26.8 Å². The number of esters is 1. The zero-order valence-electron chi connectivity index (χ0n) is 13.3. The number of unbranched alkanes of at least 4 members (excludes halogenated alkanes) is 4. The zero-order chi connectivity index (χ0) is 15.2. The fourth-order valence-corrected chi connectivity index (χ4v) is 2.07. The predicted octanol–water partition coefficient (Wildman–Crippen LogP) is 2.76. The summed E-state index contributed by atoms with van der Waals surface area (Å²) in [6.45, 7) is 8.43. The third-order valence-corrected chi connectivity index (χ3v) is 3.05. The van der Waals surface area contributed by atoms with Crippen LogP contribution in [0, 0.1) is 0 Å². The number of carbonyl (C=O) groups is 1. The molecule has 0 aliphatic heterocycles. The predicted molar refractivity (Wildman–Crippen MR) is 82.7 cm³/mol. The third-order valence-electron chi connectivity index (χ3n) is 3.05. The number of aliphatic hydroxyl groups is 1. The van der Waals surface area contributed by atoms with Crippen LogP contribution in [0.25, 0.3) is 0 Å². The van der Waals surface area contributed by atoms with Crippen LogP contribution in [0.15, 0.2) is 12.2 Å². The van der Waals surface area contributed by atoms with Gasteiger partial charge in [0.25, 0.3) is 0 Å². The summed E-state index contributed by atoms with van der Waals surface area (Å²) in [7, 11) is 0. The van der Waals surface area contributed by atoms with Crippen molar-refractivity contribution < 1.29 is 14.6 Å². The lowest BCUT2D eigenvalue weighted by Gasteiger charge is -2.23. The van der Waals surface area contributed by atoms with Crippen LogP contribution in [-0.4, -0.2) is 48.3 Å². The highest BCUT2D eigenvalue weighted by Gasteiger charge is 2.08. The van der Waals surface area contributed by atoms with E-state index >= 15 is 0 Å². The van der Waals surface area contributed by atoms with E-state index in [1.165, 1.54) is 31.8 Å². The molecule has 0 aromatic heterocycles. The zero-order valence-corrected chi connectivity index (χ0v) is 13.3. The van der Waals surface area contributed by atoms with Gasteiger partial charge in [0.05, 0.1) is 6.10 Å². The van der Waals surface area contributed by atoms with Crippen molar-refractivity contribution in [3.05, 3.63) is 12.2 Å². The van der Waals surface area contributed by atoms with Crippen LogP contribution in [0.3, 0.4) is 0 Å². The molecule has 0 saturated carbocycles. The summed E-state index contributed by atoms with van der Waals surface area (Å²) in [5.74, 6) is -0.299. The summed E-state index contributed by atoms with van der Waals surface area (Å²) < 4.78 is 5.09. The molecular weight excluding hydrogens is 254 g/mol. The van der Waals surface area contributed by atoms with Crippen LogP contribution in [0.1, 0.15) is 52.9 Å². The summed E-state index contributed by atoms with van der Waals surface area (Å²) in [4.78, 5) is 13.4. The SMILES string of the molecule is C/C=C/C(=O)OCCN(CCCCCCC)CC(C)O. The first-order valence-corrected chi connectivity index (χ1v) is 7.80. The lowest BCUT2D eigenvalue weighted by Crippen LogP contribution is -2.35. The average molecular weight is 285 g/mol. The van der Waals surface area contributed by atoms with Crippen LogP contribution in [0.5, 0.6) is 0 Å². The van der Waals surface area contributed by atoms with Gasteiger partial charge in [0.15, 0.2) is 0 Å². The monoisotopic (exact) mass is 285 g/mol. The van der Waals surface area contributed by atoms with Crippen LogP contribution >= 0.6 is 0 Å². The Hall–Kier alpha value is -0.870. The van der Waals surface area contributed by atoms with Gasteiger partial charge in [-0.25, -0.2) is 4.79 Å². The number of carbonyl (C=O) groups excluding carboxylic acids is 1. The molecule has 0 spiro atoms. The molecule has 1 unspecified atom stereocenters. The van der Waals surface area contributed by atoms with Gasteiger partial charge >= 0.3 is 5.97 Å². The van der Waals surface area contributed by atoms with E-state index in [0.29, 0.717) is 19.7 Å². The minimum atomic E-state index is -0.350. The molecule has 4 nitrogen and oxygen atoms in total. The second kappa shape index (κ2) is 13.1. The van der Waals surface area contributed by atoms with E-state index < -0.39 is 0 Å². The number of rotatable bonds is 12. The highest BCUT2D eigenvalue weighted by atomic mass is 16.5. The summed E-state index contributed by atoms with van der Waals surface area (Å²) in [5, 5.41) is 9.50. The van der Waals surface area contributed by atoms with E-state index in [4.69, 9.17) is 4.74 Å². The molecule has 0 amide bonds. The van der Waals surface area contributed by atoms with Crippen molar-refractivity contribution in [2.75, 3.05) is 26.2 Å². The lowest BCUT2D eigenvalue weighted by molar-refractivity contribution is -0.138. The molecule has 0 aromatic rings. The number of hydrogen-bond acceptors (Lipinski definition) is 4. The summed E-state index contributed by atoms with van der Waals surface area (Å²) in [5.41, 5.74) is 0. The first kappa shape index (κ1) is 19.1. The molecule has 0 saturated heterocycles. The minimum absolute atomic E-state index is 0.299. The second-order valence-electron chi connectivity index (χ2n) is 5.23. The molecule has 0 rings (SSSR count). The summed E-state index contributed by atoms with van der Waals surface area (Å²) in [6.07, 6.45) is 8.91. The van der Waals surface area contributed by atoms with Crippen molar-refractivity contribution in [1.82, 2.24) is 4.90 Å². The van der Waals surface area contributed by atoms with Gasteiger partial charge in [0.2, 0.25) is 0 Å². The van der Waals surface area contributed by atoms with Crippen LogP contribution in [0.4, 0.5) is 0 Å². The molecule has 20 heavy (non-hydrogen) atoms. The number of allylic oxidation sites excluding steroid dienone is 1. The topological polar surface area (TPSA) is 49.8 Å². The number of aliphatic hydroxyl groups excluding tert-OH is 1. The minimum Gasteiger partial charge on any atom is -0.461 e. The molecule has 1 N–H and O–H groups in total. The third kappa shape index (κ3) is 12.2. The molecule has 0 aliphatic carbocycles. The van der Waals surface area contributed by atoms with Crippen LogP contribution < -0.4 is 0 Å². The van der Waals surface area contributed by atoms with Crippen molar-refractivity contribution in [2.45, 2.75) is 59.0 Å². The molecule has 118 valence electrons. The highest BCUT2D eigenvalue weighted by molar-refractivity contribution is 5.81. The Bertz CT molecular complexity index is 264. The Morgan fingerprint density at radius 3 is 2.55 bits per heavy atom. The lowest BCUT2D eigenvalue weighted by atomic mass is 10.1. The molecule has 0 fully saturated rings. The fourth-order valence-electron chi connectivity index (χ4n) is 2.07. The van der Waals surface area contributed by atoms with Crippen molar-refractivity contribution in [1.29, 1.82) is 0 Å². The fraction of sp³-hybridized carbons (Fsp3) is 0.812. The molecule has 1 atom stereocenters. The molecule has 0 heterocycles. The normalized spacial score (nSPS) is 13.1. The van der Waals surface area contributed by atoms with Gasteiger partial charge in [0, 0.05) is 19.2 Å². The Morgan fingerprint density at radius 2 is 1.95 bits per heavy atom. The van der Waals surface area contributed by atoms with Crippen molar-refractivity contribution in [2.24, 2.45) is 0 Å². The van der Waals surface area contributed by atoms with E-state index in [-0.39, 0.29) is 12.1 Å². The number of nitrogens with zero attached hydrogens (tertiary/aromatic N) is 1. The van der Waals surface area contributed by atoms with Gasteiger partial charge < -0.3 is 9.84 Å². The van der Waals surface area contributed by atoms with E-state index in [0.717, 1.165) is 13.0 Å². The second-order valence-corrected chi connectivity index (χ2v) is 5.23. The quantitative estimate of drug-likeness (QED) is 0.340. The Kier molecular flexibility index (Phi) is 12.6. The Morgan fingerprint density at radius 1 is 1.25 bits per heavy atom. The first-order valence-electron chi connectivity index (χ1n) is 7.80. The molecule has 0 aromatic carbocycles. The van der Waals surface area contributed by atoms with Gasteiger partial charge in [-0.3, -0.25) is 4.90 Å². The molecule has 0 aliphatic rings. The molecule has 4 heteroatoms. The van der Waals surface area contributed by atoms with Crippen LogP contribution in [-0.2, 0) is 9.53 Å². The Balaban J connectivity index is 3.86.